The van der Waals surface area contributed by atoms with E-state index < -0.39 is 20.0 Å². The minimum Gasteiger partial charge on any atom is -0.495 e. The Morgan fingerprint density at radius 3 is 2.41 bits per heavy atom. The van der Waals surface area contributed by atoms with Crippen LogP contribution in [0.15, 0.2) is 29.2 Å². The van der Waals surface area contributed by atoms with Crippen LogP contribution in [0.25, 0.3) is 0 Å². The molecule has 0 saturated carbocycles. The van der Waals surface area contributed by atoms with E-state index in [-0.39, 0.29) is 32.6 Å². The lowest BCUT2D eigenvalue weighted by Gasteiger charge is -2.13. The van der Waals surface area contributed by atoms with Gasteiger partial charge in [0, 0.05) is 10.9 Å². The van der Waals surface area contributed by atoms with Crippen molar-refractivity contribution < 1.29 is 21.6 Å². The molecule has 8 nitrogen and oxygen atoms in total. The normalized spacial score (nSPS) is 11.6. The van der Waals surface area contributed by atoms with E-state index in [4.69, 9.17) is 4.74 Å². The maximum Gasteiger partial charge on any atom is 0.266 e. The molecule has 0 atom stereocenters. The number of nitrogens with one attached hydrogen (secondary N) is 2. The van der Waals surface area contributed by atoms with Crippen LogP contribution in [0, 0.1) is 11.3 Å². The molecule has 0 aliphatic rings. The van der Waals surface area contributed by atoms with Gasteiger partial charge in [-0.15, -0.1) is 11.3 Å². The fourth-order valence-electron chi connectivity index (χ4n) is 2.16. The van der Waals surface area contributed by atoms with Gasteiger partial charge >= 0.3 is 0 Å². The Bertz CT molecular complexity index is 1080. The summed E-state index contributed by atoms with van der Waals surface area (Å²) in [6.45, 7) is 3.39. The van der Waals surface area contributed by atoms with E-state index in [1.165, 1.54) is 43.6 Å². The molecular formula is C16H19N3O5S3. The number of rotatable bonds is 8. The second-order valence-electron chi connectivity index (χ2n) is 5.40. The highest BCUT2D eigenvalue weighted by molar-refractivity contribution is 7.93. The number of anilines is 2. The Labute approximate surface area is 162 Å². The van der Waals surface area contributed by atoms with Crippen molar-refractivity contribution in [1.29, 1.82) is 5.26 Å². The molecule has 1 aromatic carbocycles. The highest BCUT2D eigenvalue weighted by atomic mass is 32.2. The Kier molecular flexibility index (Phi) is 6.35. The summed E-state index contributed by atoms with van der Waals surface area (Å²) in [7, 11) is -6.27. The number of benzene rings is 1. The van der Waals surface area contributed by atoms with Crippen molar-refractivity contribution in [3.63, 3.8) is 0 Å². The van der Waals surface area contributed by atoms with Crippen molar-refractivity contribution in [2.45, 2.75) is 25.2 Å². The van der Waals surface area contributed by atoms with E-state index in [1.807, 2.05) is 13.0 Å². The van der Waals surface area contributed by atoms with E-state index >= 15 is 0 Å². The van der Waals surface area contributed by atoms with Crippen molar-refractivity contribution in [2.24, 2.45) is 0 Å². The summed E-state index contributed by atoms with van der Waals surface area (Å²) in [5, 5.41) is 9.42. The van der Waals surface area contributed by atoms with Crippen LogP contribution >= 0.6 is 11.3 Å². The average Bonchev–Trinajstić information content (AvgIpc) is 3.02. The largest absolute Gasteiger partial charge is 0.495 e. The number of ether oxygens (including phenoxy) is 1. The molecule has 2 N–H and O–H groups in total. The summed E-state index contributed by atoms with van der Waals surface area (Å²) < 4.78 is 58.8. The first-order valence-electron chi connectivity index (χ1n) is 7.90. The number of methoxy groups -OCH3 is 1. The van der Waals surface area contributed by atoms with Crippen LogP contribution in [0.4, 0.5) is 10.7 Å². The van der Waals surface area contributed by atoms with Gasteiger partial charge in [-0.25, -0.2) is 16.8 Å². The summed E-state index contributed by atoms with van der Waals surface area (Å²) in [4.78, 5) is 0.709. The van der Waals surface area contributed by atoms with E-state index in [0.717, 1.165) is 4.88 Å². The highest BCUT2D eigenvalue weighted by Gasteiger charge is 2.23. The molecule has 1 heterocycles. The molecule has 2 rings (SSSR count). The fourth-order valence-corrected chi connectivity index (χ4v) is 5.20. The van der Waals surface area contributed by atoms with Crippen LogP contribution in [0.3, 0.4) is 0 Å². The zero-order valence-electron chi connectivity index (χ0n) is 14.9. The smallest absolute Gasteiger partial charge is 0.266 e. The topological polar surface area (TPSA) is 125 Å². The number of hydrogen-bond acceptors (Lipinski definition) is 7. The summed E-state index contributed by atoms with van der Waals surface area (Å²) in [5.74, 6) is -0.143. The summed E-state index contributed by atoms with van der Waals surface area (Å²) >= 11 is 1.19. The van der Waals surface area contributed by atoms with Crippen molar-refractivity contribution in [2.75, 3.05) is 22.3 Å². The molecule has 0 amide bonds. The number of nitrogens with zero attached hydrogens (tertiary/aromatic N) is 1. The lowest BCUT2D eigenvalue weighted by Crippen LogP contribution is -2.16. The lowest BCUT2D eigenvalue weighted by atomic mass is 10.3. The molecule has 0 bridgehead atoms. The third kappa shape index (κ3) is 4.91. The van der Waals surface area contributed by atoms with E-state index in [2.05, 4.69) is 9.44 Å². The standard InChI is InChI=1S/C16H19N3O5S3/c1-4-13-8-11(10-17)16(25-13)19-27(22,23)15-7-6-12(9-14(15)24-3)18-26(20,21)5-2/h6-9,18-19H,4-5H2,1-3H3. The van der Waals surface area contributed by atoms with E-state index in [0.29, 0.717) is 6.42 Å². The summed E-state index contributed by atoms with van der Waals surface area (Å²) in [5.41, 5.74) is 0.432. The number of nitriles is 1. The molecule has 0 spiro atoms. The van der Waals surface area contributed by atoms with E-state index in [9.17, 15) is 22.1 Å². The number of sulfonamides is 2. The predicted octanol–water partition coefficient (Wildman–Crippen LogP) is 2.75. The van der Waals surface area contributed by atoms with Gasteiger partial charge < -0.3 is 4.74 Å². The van der Waals surface area contributed by atoms with Crippen LogP contribution in [-0.2, 0) is 26.5 Å². The molecule has 0 unspecified atom stereocenters. The van der Waals surface area contributed by atoms with Crippen LogP contribution in [0.1, 0.15) is 24.3 Å². The molecule has 0 aliphatic heterocycles. The van der Waals surface area contributed by atoms with E-state index in [1.54, 1.807) is 6.07 Å². The van der Waals surface area contributed by atoms with Crippen molar-refractivity contribution in [3.8, 4) is 11.8 Å². The second-order valence-corrected chi connectivity index (χ2v) is 10.2. The maximum atomic E-state index is 12.8. The van der Waals surface area contributed by atoms with Gasteiger partial charge in [-0.1, -0.05) is 6.92 Å². The molecule has 0 saturated heterocycles. The molecule has 146 valence electrons. The molecule has 0 radical (unpaired) electrons. The van der Waals surface area contributed by atoms with Gasteiger partial charge in [0.15, 0.2) is 0 Å². The zero-order chi connectivity index (χ0) is 20.2. The molecule has 0 fully saturated rings. The molecular weight excluding hydrogens is 410 g/mol. The number of aryl methyl sites for hydroxylation is 1. The molecule has 27 heavy (non-hydrogen) atoms. The fraction of sp³-hybridized carbons (Fsp3) is 0.312. The van der Waals surface area contributed by atoms with Gasteiger partial charge in [-0.05, 0) is 31.5 Å². The van der Waals surface area contributed by atoms with Gasteiger partial charge in [0.1, 0.15) is 21.7 Å². The Hall–Kier alpha value is -2.29. The third-order valence-corrected chi connectivity index (χ3v) is 7.61. The minimum absolute atomic E-state index is 0.0235. The average molecular weight is 430 g/mol. The van der Waals surface area contributed by atoms with Crippen molar-refractivity contribution in [1.82, 2.24) is 0 Å². The Balaban J connectivity index is 2.41. The molecule has 11 heteroatoms. The monoisotopic (exact) mass is 429 g/mol. The maximum absolute atomic E-state index is 12.8. The Morgan fingerprint density at radius 1 is 1.15 bits per heavy atom. The molecule has 1 aromatic heterocycles. The molecule has 2 aromatic rings. The first-order chi connectivity index (χ1) is 12.7. The van der Waals surface area contributed by atoms with Crippen molar-refractivity contribution in [3.05, 3.63) is 34.7 Å². The summed E-state index contributed by atoms with van der Waals surface area (Å²) in [6.07, 6.45) is 0.677. The second kappa shape index (κ2) is 8.16. The van der Waals surface area contributed by atoms with Gasteiger partial charge in [0.05, 0.1) is 24.1 Å². The molecule has 0 aliphatic carbocycles. The van der Waals surface area contributed by atoms with Crippen LogP contribution in [0.2, 0.25) is 0 Å². The predicted molar refractivity (Wildman–Crippen MR) is 105 cm³/mol. The third-order valence-electron chi connectivity index (χ3n) is 3.59. The zero-order valence-corrected chi connectivity index (χ0v) is 17.4. The van der Waals surface area contributed by atoms with Gasteiger partial charge in [-0.3, -0.25) is 9.44 Å². The quantitative estimate of drug-likeness (QED) is 0.665. The van der Waals surface area contributed by atoms with Gasteiger partial charge in [0.25, 0.3) is 10.0 Å². The SMILES string of the molecule is CCc1cc(C#N)c(NS(=O)(=O)c2ccc(NS(=O)(=O)CC)cc2OC)s1. The highest BCUT2D eigenvalue weighted by Crippen LogP contribution is 2.33. The van der Waals surface area contributed by atoms with Gasteiger partial charge in [-0.2, -0.15) is 5.26 Å². The van der Waals surface area contributed by atoms with Gasteiger partial charge in [0.2, 0.25) is 10.0 Å². The first kappa shape index (κ1) is 21.0. The van der Waals surface area contributed by atoms with Crippen LogP contribution < -0.4 is 14.2 Å². The Morgan fingerprint density at radius 2 is 1.85 bits per heavy atom. The number of hydrogen-bond donors (Lipinski definition) is 2. The lowest BCUT2D eigenvalue weighted by molar-refractivity contribution is 0.403. The van der Waals surface area contributed by atoms with Crippen molar-refractivity contribution >= 4 is 42.1 Å². The van der Waals surface area contributed by atoms with Crippen LogP contribution in [-0.4, -0.2) is 29.7 Å². The van der Waals surface area contributed by atoms with Crippen LogP contribution in [0.5, 0.6) is 5.75 Å². The summed E-state index contributed by atoms with van der Waals surface area (Å²) in [6, 6.07) is 7.48. The first-order valence-corrected chi connectivity index (χ1v) is 11.8. The minimum atomic E-state index is -4.04. The number of thiophene rings is 1.